The Bertz CT molecular complexity index is 1090. The lowest BCUT2D eigenvalue weighted by atomic mass is 9.90. The molecule has 2 aromatic carbocycles. The lowest BCUT2D eigenvalue weighted by molar-refractivity contribution is 0.831. The van der Waals surface area contributed by atoms with Crippen molar-refractivity contribution in [3.8, 4) is 17.2 Å². The average Bonchev–Trinajstić information content (AvgIpc) is 2.64. The second-order valence-corrected chi connectivity index (χ2v) is 6.26. The summed E-state index contributed by atoms with van der Waals surface area (Å²) in [6, 6.07) is 16.0. The number of aromatic amines is 1. The highest BCUT2D eigenvalue weighted by atomic mass is 32.2. The third kappa shape index (κ3) is 3.28. The van der Waals surface area contributed by atoms with E-state index in [4.69, 9.17) is 0 Å². The molecule has 0 aliphatic carbocycles. The molecule has 0 aliphatic heterocycles. The van der Waals surface area contributed by atoms with Gasteiger partial charge < -0.3 is 4.98 Å². The molecule has 0 bridgehead atoms. The molecule has 0 saturated carbocycles. The Kier molecular flexibility index (Phi) is 4.88. The molecule has 0 aliphatic rings. The normalized spacial score (nSPS) is 11.4. The first kappa shape index (κ1) is 16.8. The summed E-state index contributed by atoms with van der Waals surface area (Å²) in [4.78, 5) is 19.5. The maximum absolute atomic E-state index is 12.3. The highest BCUT2D eigenvalue weighted by molar-refractivity contribution is 8.03. The molecular formula is C20H15N3OS. The Balaban J connectivity index is 2.21. The molecule has 0 fully saturated rings. The molecule has 1 heterocycles. The van der Waals surface area contributed by atoms with Gasteiger partial charge in [0.25, 0.3) is 5.56 Å². The molecule has 25 heavy (non-hydrogen) atoms. The molecule has 4 nitrogen and oxygen atoms in total. The van der Waals surface area contributed by atoms with Crippen LogP contribution < -0.4 is 5.56 Å². The van der Waals surface area contributed by atoms with Gasteiger partial charge in [-0.15, -0.1) is 0 Å². The number of H-pyrrole nitrogens is 1. The summed E-state index contributed by atoms with van der Waals surface area (Å²) < 4.78 is 0. The number of nitriles is 1. The fourth-order valence-corrected chi connectivity index (χ4v) is 3.22. The van der Waals surface area contributed by atoms with Gasteiger partial charge in [-0.3, -0.25) is 4.79 Å². The van der Waals surface area contributed by atoms with Gasteiger partial charge in [0.1, 0.15) is 5.92 Å². The van der Waals surface area contributed by atoms with Gasteiger partial charge in [0.2, 0.25) is 0 Å². The highest BCUT2D eigenvalue weighted by Gasteiger charge is 2.22. The number of nitrogens with zero attached hydrogens (tertiary/aromatic N) is 2. The maximum Gasteiger partial charge on any atom is 0.254 e. The van der Waals surface area contributed by atoms with Crippen molar-refractivity contribution in [2.75, 3.05) is 0 Å². The van der Waals surface area contributed by atoms with Crippen molar-refractivity contribution < 1.29 is 0 Å². The predicted molar refractivity (Wildman–Crippen MR) is 100 cm³/mol. The van der Waals surface area contributed by atoms with Crippen molar-refractivity contribution >= 4 is 22.5 Å². The van der Waals surface area contributed by atoms with Crippen LogP contribution in [0.3, 0.4) is 0 Å². The van der Waals surface area contributed by atoms with Crippen LogP contribution in [0.5, 0.6) is 0 Å². The van der Waals surface area contributed by atoms with Crippen LogP contribution in [0.25, 0.3) is 10.8 Å². The quantitative estimate of drug-likeness (QED) is 0.443. The van der Waals surface area contributed by atoms with Gasteiger partial charge in [-0.05, 0) is 35.4 Å². The standard InChI is InChI=1S/C20H15N3OS/c1-3-11-25-20-22-18(13(2)19(24)23-20)17(12-21)16-10-6-8-14-7-4-5-9-15(14)16/h4-10,17H,1-2H3,(H,22,23,24). The van der Waals surface area contributed by atoms with Crippen molar-refractivity contribution in [3.63, 3.8) is 0 Å². The van der Waals surface area contributed by atoms with Crippen LogP contribution in [0.4, 0.5) is 0 Å². The number of hydrogen-bond donors (Lipinski definition) is 1. The van der Waals surface area contributed by atoms with Crippen LogP contribution in [-0.2, 0) is 0 Å². The lowest BCUT2D eigenvalue weighted by Gasteiger charge is -2.14. The molecule has 1 N–H and O–H groups in total. The molecule has 0 amide bonds. The first-order valence-corrected chi connectivity index (χ1v) is 8.54. The first-order valence-electron chi connectivity index (χ1n) is 7.72. The van der Waals surface area contributed by atoms with Gasteiger partial charge in [-0.25, -0.2) is 4.98 Å². The SMILES string of the molecule is CC#CSc1nc(C(C#N)c2cccc3ccccc23)c(C)c(=O)[nH]1. The second-order valence-electron chi connectivity index (χ2n) is 5.47. The van der Waals surface area contributed by atoms with E-state index >= 15 is 0 Å². The number of rotatable bonds is 3. The molecule has 1 unspecified atom stereocenters. The topological polar surface area (TPSA) is 69.5 Å². The Morgan fingerprint density at radius 2 is 1.96 bits per heavy atom. The van der Waals surface area contributed by atoms with E-state index in [0.717, 1.165) is 28.1 Å². The van der Waals surface area contributed by atoms with Crippen molar-refractivity contribution in [2.45, 2.75) is 24.9 Å². The fraction of sp³-hybridized carbons (Fsp3) is 0.150. The largest absolute Gasteiger partial charge is 0.300 e. The Labute approximate surface area is 149 Å². The zero-order valence-corrected chi connectivity index (χ0v) is 14.6. The minimum absolute atomic E-state index is 0.245. The Morgan fingerprint density at radius 1 is 1.20 bits per heavy atom. The molecule has 0 spiro atoms. The number of fused-ring (bicyclic) bond motifs is 1. The highest BCUT2D eigenvalue weighted by Crippen LogP contribution is 2.30. The number of hydrogen-bond acceptors (Lipinski definition) is 4. The summed E-state index contributed by atoms with van der Waals surface area (Å²) in [5, 5.41) is 15.1. The van der Waals surface area contributed by atoms with E-state index in [1.165, 1.54) is 0 Å². The van der Waals surface area contributed by atoms with Crippen LogP contribution in [0, 0.1) is 29.4 Å². The minimum Gasteiger partial charge on any atom is -0.300 e. The summed E-state index contributed by atoms with van der Waals surface area (Å²) in [6.07, 6.45) is 0. The lowest BCUT2D eigenvalue weighted by Crippen LogP contribution is -2.18. The summed E-state index contributed by atoms with van der Waals surface area (Å²) in [7, 11) is 0. The maximum atomic E-state index is 12.3. The molecule has 3 aromatic rings. The molecule has 5 heteroatoms. The molecule has 1 aromatic heterocycles. The molecule has 3 rings (SSSR count). The Hall–Kier alpha value is -3.02. The zero-order valence-electron chi connectivity index (χ0n) is 13.8. The predicted octanol–water partition coefficient (Wildman–Crippen LogP) is 3.96. The monoisotopic (exact) mass is 345 g/mol. The number of aromatic nitrogens is 2. The van der Waals surface area contributed by atoms with Crippen molar-refractivity contribution in [2.24, 2.45) is 0 Å². The van der Waals surface area contributed by atoms with E-state index in [1.54, 1.807) is 13.8 Å². The van der Waals surface area contributed by atoms with Crippen molar-refractivity contribution in [1.29, 1.82) is 5.26 Å². The summed E-state index contributed by atoms with van der Waals surface area (Å²) >= 11 is 1.15. The van der Waals surface area contributed by atoms with E-state index in [0.29, 0.717) is 16.4 Å². The Morgan fingerprint density at radius 3 is 2.72 bits per heavy atom. The molecule has 0 saturated heterocycles. The summed E-state index contributed by atoms with van der Waals surface area (Å²) in [6.45, 7) is 3.41. The van der Waals surface area contributed by atoms with Crippen molar-refractivity contribution in [3.05, 3.63) is 69.6 Å². The van der Waals surface area contributed by atoms with Crippen LogP contribution in [0.15, 0.2) is 52.4 Å². The van der Waals surface area contributed by atoms with Gasteiger partial charge in [0.15, 0.2) is 5.16 Å². The number of benzene rings is 2. The molecular weight excluding hydrogens is 330 g/mol. The summed E-state index contributed by atoms with van der Waals surface area (Å²) in [5.41, 5.74) is 1.53. The van der Waals surface area contributed by atoms with E-state index in [1.807, 2.05) is 42.5 Å². The van der Waals surface area contributed by atoms with Gasteiger partial charge >= 0.3 is 0 Å². The van der Waals surface area contributed by atoms with E-state index < -0.39 is 5.92 Å². The zero-order chi connectivity index (χ0) is 17.8. The van der Waals surface area contributed by atoms with Crippen LogP contribution in [0.1, 0.15) is 29.7 Å². The third-order valence-corrected chi connectivity index (χ3v) is 4.65. The van der Waals surface area contributed by atoms with Gasteiger partial charge in [0, 0.05) is 17.3 Å². The van der Waals surface area contributed by atoms with Gasteiger partial charge in [0.05, 0.1) is 11.8 Å². The number of thioether (sulfide) groups is 1. The van der Waals surface area contributed by atoms with Gasteiger partial charge in [-0.2, -0.15) is 5.26 Å². The minimum atomic E-state index is -0.623. The molecule has 1 atom stereocenters. The molecule has 0 radical (unpaired) electrons. The molecule has 122 valence electrons. The number of nitrogens with one attached hydrogen (secondary N) is 1. The van der Waals surface area contributed by atoms with Crippen LogP contribution in [0.2, 0.25) is 0 Å². The van der Waals surface area contributed by atoms with Crippen LogP contribution in [-0.4, -0.2) is 9.97 Å². The van der Waals surface area contributed by atoms with E-state index in [9.17, 15) is 10.1 Å². The summed E-state index contributed by atoms with van der Waals surface area (Å²) in [5.74, 6) is 2.13. The second kappa shape index (κ2) is 7.25. The van der Waals surface area contributed by atoms with Gasteiger partial charge in [-0.1, -0.05) is 48.4 Å². The first-order chi connectivity index (χ1) is 12.2. The van der Waals surface area contributed by atoms with Crippen molar-refractivity contribution in [1.82, 2.24) is 9.97 Å². The average molecular weight is 345 g/mol. The fourth-order valence-electron chi connectivity index (χ4n) is 2.74. The smallest absolute Gasteiger partial charge is 0.254 e. The third-order valence-electron chi connectivity index (χ3n) is 3.95. The van der Waals surface area contributed by atoms with E-state index in [2.05, 4.69) is 27.2 Å². The van der Waals surface area contributed by atoms with Crippen LogP contribution >= 0.6 is 11.8 Å². The van der Waals surface area contributed by atoms with E-state index in [-0.39, 0.29) is 5.56 Å².